The number of para-hydroxylation sites is 3. The summed E-state index contributed by atoms with van der Waals surface area (Å²) in [5.41, 5.74) is 10.4. The van der Waals surface area contributed by atoms with Gasteiger partial charge in [-0.25, -0.2) is 15.0 Å². The van der Waals surface area contributed by atoms with Crippen molar-refractivity contribution in [3.05, 3.63) is 181 Å². The average molecular weight is 655 g/mol. The van der Waals surface area contributed by atoms with Crippen LogP contribution in [0.15, 0.2) is 174 Å². The highest BCUT2D eigenvalue weighted by atomic mass is 16.3. The summed E-state index contributed by atoms with van der Waals surface area (Å²) < 4.78 is 8.94. The number of hydrogen-bond donors (Lipinski definition) is 0. The third-order valence-corrected chi connectivity index (χ3v) is 9.70. The first-order valence-corrected chi connectivity index (χ1v) is 17.2. The van der Waals surface area contributed by atoms with Gasteiger partial charge in [0.1, 0.15) is 17.0 Å². The van der Waals surface area contributed by atoms with Crippen LogP contribution in [0.3, 0.4) is 0 Å². The van der Waals surface area contributed by atoms with Crippen LogP contribution in [-0.2, 0) is 6.42 Å². The molecule has 0 aliphatic heterocycles. The highest BCUT2D eigenvalue weighted by Crippen LogP contribution is 2.39. The number of aromatic nitrogens is 4. The molecule has 0 N–H and O–H groups in total. The normalized spacial score (nSPS) is 11.6. The molecule has 0 bridgehead atoms. The molecule has 0 aliphatic carbocycles. The number of rotatable bonds is 6. The molecule has 7 aromatic carbocycles. The van der Waals surface area contributed by atoms with Gasteiger partial charge in [-0.3, -0.25) is 0 Å². The Morgan fingerprint density at radius 2 is 1.08 bits per heavy atom. The van der Waals surface area contributed by atoms with E-state index < -0.39 is 0 Å². The van der Waals surface area contributed by atoms with Crippen LogP contribution in [0.1, 0.15) is 11.4 Å². The van der Waals surface area contributed by atoms with Gasteiger partial charge in [0, 0.05) is 50.3 Å². The van der Waals surface area contributed by atoms with Gasteiger partial charge in [-0.2, -0.15) is 0 Å². The molecule has 0 saturated carbocycles. The Bertz CT molecular complexity index is 2820. The third kappa shape index (κ3) is 4.98. The van der Waals surface area contributed by atoms with E-state index in [9.17, 15) is 0 Å². The van der Waals surface area contributed by atoms with E-state index in [2.05, 4.69) is 108 Å². The van der Waals surface area contributed by atoms with Crippen molar-refractivity contribution in [3.8, 4) is 39.6 Å². The number of furan rings is 1. The zero-order valence-corrected chi connectivity index (χ0v) is 27.6. The molecule has 0 fully saturated rings. The maximum atomic E-state index is 6.55. The van der Waals surface area contributed by atoms with Crippen LogP contribution in [-0.4, -0.2) is 19.5 Å². The molecule has 3 aromatic heterocycles. The predicted octanol–water partition coefficient (Wildman–Crippen LogP) is 11.5. The first-order chi connectivity index (χ1) is 25.3. The minimum absolute atomic E-state index is 0.535. The lowest BCUT2D eigenvalue weighted by Gasteiger charge is -2.12. The van der Waals surface area contributed by atoms with Crippen LogP contribution >= 0.6 is 0 Å². The monoisotopic (exact) mass is 654 g/mol. The van der Waals surface area contributed by atoms with E-state index in [0.29, 0.717) is 18.1 Å². The number of benzene rings is 7. The van der Waals surface area contributed by atoms with Gasteiger partial charge in [0.25, 0.3) is 0 Å². The summed E-state index contributed by atoms with van der Waals surface area (Å²) >= 11 is 0. The molecule has 0 unspecified atom stereocenters. The van der Waals surface area contributed by atoms with Crippen molar-refractivity contribution in [1.29, 1.82) is 0 Å². The van der Waals surface area contributed by atoms with Crippen molar-refractivity contribution in [2.24, 2.45) is 0 Å². The van der Waals surface area contributed by atoms with E-state index in [1.54, 1.807) is 0 Å². The van der Waals surface area contributed by atoms with Gasteiger partial charge < -0.3 is 8.98 Å². The van der Waals surface area contributed by atoms with Crippen molar-refractivity contribution in [3.63, 3.8) is 0 Å². The molecule has 5 nitrogen and oxygen atoms in total. The Morgan fingerprint density at radius 1 is 0.471 bits per heavy atom. The lowest BCUT2D eigenvalue weighted by Crippen LogP contribution is -2.05. The average Bonchev–Trinajstić information content (AvgIpc) is 3.75. The molecule has 0 saturated heterocycles. The van der Waals surface area contributed by atoms with Crippen molar-refractivity contribution < 1.29 is 4.42 Å². The van der Waals surface area contributed by atoms with E-state index in [1.165, 1.54) is 10.8 Å². The number of fused-ring (bicyclic) bond motifs is 6. The van der Waals surface area contributed by atoms with Crippen LogP contribution in [0.4, 0.5) is 0 Å². The van der Waals surface area contributed by atoms with Crippen LogP contribution < -0.4 is 0 Å². The van der Waals surface area contributed by atoms with Crippen molar-refractivity contribution >= 4 is 43.7 Å². The standard InChI is InChI=1S/C46H30N4O/c1-4-14-30(15-5-1)35-22-13-24-38-39-29-34(26-27-41(39)51-44(35)38)50-40-25-11-10-21-36(40)37-23-12-20-33(43(37)50)28-42-47-45(31-16-6-2-7-17-31)49-46(48-42)32-18-8-3-9-19-32/h1-27,29H,28H2. The summed E-state index contributed by atoms with van der Waals surface area (Å²) in [4.78, 5) is 15.0. The molecule has 0 atom stereocenters. The highest BCUT2D eigenvalue weighted by molar-refractivity contribution is 6.12. The minimum Gasteiger partial charge on any atom is -0.455 e. The van der Waals surface area contributed by atoms with Crippen LogP contribution in [0.5, 0.6) is 0 Å². The van der Waals surface area contributed by atoms with Gasteiger partial charge >= 0.3 is 0 Å². The molecule has 0 spiro atoms. The molecule has 0 amide bonds. The summed E-state index contributed by atoms with van der Waals surface area (Å²) in [5, 5.41) is 4.57. The van der Waals surface area contributed by atoms with Gasteiger partial charge in [0.2, 0.25) is 0 Å². The van der Waals surface area contributed by atoms with Gasteiger partial charge in [0.05, 0.1) is 11.0 Å². The van der Waals surface area contributed by atoms with Gasteiger partial charge in [-0.05, 0) is 35.4 Å². The SMILES string of the molecule is c1ccc(-c2nc(Cc3cccc4c5ccccc5n(-c5ccc6oc7c(-c8ccccc8)cccc7c6c5)c34)nc(-c3ccccc3)n2)cc1. The molecule has 10 aromatic rings. The van der Waals surface area contributed by atoms with Crippen LogP contribution in [0.2, 0.25) is 0 Å². The second kappa shape index (κ2) is 11.9. The van der Waals surface area contributed by atoms with E-state index in [-0.39, 0.29) is 0 Å². The second-order valence-electron chi connectivity index (χ2n) is 12.8. The van der Waals surface area contributed by atoms with Crippen molar-refractivity contribution in [1.82, 2.24) is 19.5 Å². The molecule has 10 rings (SSSR count). The maximum absolute atomic E-state index is 6.55. The minimum atomic E-state index is 0.535. The largest absolute Gasteiger partial charge is 0.455 e. The quantitative estimate of drug-likeness (QED) is 0.179. The van der Waals surface area contributed by atoms with Crippen LogP contribution in [0.25, 0.3) is 83.3 Å². The molecular formula is C46H30N4O. The Labute approximate surface area is 294 Å². The van der Waals surface area contributed by atoms with Crippen molar-refractivity contribution in [2.75, 3.05) is 0 Å². The lowest BCUT2D eigenvalue weighted by atomic mass is 10.0. The van der Waals surface area contributed by atoms with E-state index >= 15 is 0 Å². The number of hydrogen-bond acceptors (Lipinski definition) is 4. The van der Waals surface area contributed by atoms with E-state index in [4.69, 9.17) is 19.4 Å². The summed E-state index contributed by atoms with van der Waals surface area (Å²) in [6.45, 7) is 0. The Balaban J connectivity index is 1.17. The molecule has 0 aliphatic rings. The molecule has 240 valence electrons. The first-order valence-electron chi connectivity index (χ1n) is 17.2. The van der Waals surface area contributed by atoms with Crippen LogP contribution in [0, 0.1) is 0 Å². The maximum Gasteiger partial charge on any atom is 0.163 e. The molecular weight excluding hydrogens is 625 g/mol. The fourth-order valence-electron chi connectivity index (χ4n) is 7.37. The summed E-state index contributed by atoms with van der Waals surface area (Å²) in [5.74, 6) is 2.05. The fraction of sp³-hybridized carbons (Fsp3) is 0.0217. The molecule has 5 heteroatoms. The number of nitrogens with zero attached hydrogens (tertiary/aromatic N) is 4. The lowest BCUT2D eigenvalue weighted by molar-refractivity contribution is 0.670. The van der Waals surface area contributed by atoms with Crippen molar-refractivity contribution in [2.45, 2.75) is 6.42 Å². The summed E-state index contributed by atoms with van der Waals surface area (Å²) in [6.07, 6.45) is 0.535. The topological polar surface area (TPSA) is 56.7 Å². The Kier molecular flexibility index (Phi) is 6.81. The fourth-order valence-corrected chi connectivity index (χ4v) is 7.37. The zero-order chi connectivity index (χ0) is 33.7. The smallest absolute Gasteiger partial charge is 0.163 e. The summed E-state index contributed by atoms with van der Waals surface area (Å²) in [6, 6.07) is 58.8. The second-order valence-corrected chi connectivity index (χ2v) is 12.8. The van der Waals surface area contributed by atoms with E-state index in [0.717, 1.165) is 72.3 Å². The first kappa shape index (κ1) is 29.1. The van der Waals surface area contributed by atoms with Gasteiger partial charge in [-0.1, -0.05) is 146 Å². The molecule has 0 radical (unpaired) electrons. The third-order valence-electron chi connectivity index (χ3n) is 9.70. The zero-order valence-electron chi connectivity index (χ0n) is 27.6. The molecule has 51 heavy (non-hydrogen) atoms. The van der Waals surface area contributed by atoms with Gasteiger partial charge in [-0.15, -0.1) is 0 Å². The Morgan fingerprint density at radius 3 is 1.80 bits per heavy atom. The van der Waals surface area contributed by atoms with E-state index in [1.807, 2.05) is 66.7 Å². The predicted molar refractivity (Wildman–Crippen MR) is 207 cm³/mol. The van der Waals surface area contributed by atoms with Gasteiger partial charge in [0.15, 0.2) is 11.6 Å². The Hall–Kier alpha value is -6.85. The summed E-state index contributed by atoms with van der Waals surface area (Å²) in [7, 11) is 0. The highest BCUT2D eigenvalue weighted by Gasteiger charge is 2.19. The molecule has 3 heterocycles.